The van der Waals surface area contributed by atoms with Crippen molar-refractivity contribution in [1.82, 2.24) is 9.80 Å². The van der Waals surface area contributed by atoms with Gasteiger partial charge in [-0.15, -0.1) is 0 Å². The van der Waals surface area contributed by atoms with Gasteiger partial charge in [-0.25, -0.2) is 0 Å². The predicted octanol–water partition coefficient (Wildman–Crippen LogP) is 7.20. The van der Waals surface area contributed by atoms with Crippen molar-refractivity contribution in [3.63, 3.8) is 0 Å². The maximum atomic E-state index is 11.5. The van der Waals surface area contributed by atoms with Crippen LogP contribution in [0.15, 0.2) is 34.3 Å². The van der Waals surface area contributed by atoms with Crippen LogP contribution in [0.3, 0.4) is 0 Å². The van der Waals surface area contributed by atoms with Crippen LogP contribution >= 0.6 is 0 Å². The third-order valence-electron chi connectivity index (χ3n) is 9.09. The van der Waals surface area contributed by atoms with Gasteiger partial charge in [0, 0.05) is 60.9 Å². The van der Waals surface area contributed by atoms with E-state index >= 15 is 0 Å². The quantitative estimate of drug-likeness (QED) is 0.398. The van der Waals surface area contributed by atoms with Crippen LogP contribution in [0, 0.1) is 0 Å². The number of likely N-dealkylation sites (N-methyl/N-ethyl adjacent to an activating group) is 2. The van der Waals surface area contributed by atoms with Crippen molar-refractivity contribution < 1.29 is 10.2 Å². The van der Waals surface area contributed by atoms with Crippen molar-refractivity contribution >= 4 is 12.4 Å². The summed E-state index contributed by atoms with van der Waals surface area (Å²) in [4.78, 5) is 14.9. The van der Waals surface area contributed by atoms with E-state index in [0.29, 0.717) is 24.6 Å². The Morgan fingerprint density at radius 2 is 1.05 bits per heavy atom. The second kappa shape index (κ2) is 13.3. The average Bonchev–Trinajstić information content (AvgIpc) is 2.93. The molecule has 1 aliphatic carbocycles. The number of aliphatic imine (C=N–C) groups is 2. The summed E-state index contributed by atoms with van der Waals surface area (Å²) in [6, 6.07) is 8.66. The molecule has 4 rings (SSSR count). The summed E-state index contributed by atoms with van der Waals surface area (Å²) in [6.45, 7) is 22.6. The zero-order valence-electron chi connectivity index (χ0n) is 27.4. The minimum absolute atomic E-state index is 0.0452. The van der Waals surface area contributed by atoms with Crippen LogP contribution in [0.4, 0.5) is 0 Å². The van der Waals surface area contributed by atoms with E-state index < -0.39 is 0 Å². The molecule has 230 valence electrons. The number of hydrogen-bond donors (Lipinski definition) is 2. The first-order valence-corrected chi connectivity index (χ1v) is 16.0. The number of nitrogens with zero attached hydrogens (tertiary/aromatic N) is 4. The SMILES string of the molecule is CCN1CCN(CC)Cc2cc(C(C)(C)C)cc(c2O)/C=N/[C@@H]2CCCC[C@H]2/N=C/c2cc(C(C)(C)C)cc(c2O)C1. The Hall–Kier alpha value is -2.70. The minimum atomic E-state index is -0.0452. The molecule has 0 radical (unpaired) electrons. The van der Waals surface area contributed by atoms with E-state index in [0.717, 1.165) is 74.1 Å². The van der Waals surface area contributed by atoms with Gasteiger partial charge in [-0.1, -0.05) is 80.4 Å². The fourth-order valence-electron chi connectivity index (χ4n) is 6.00. The summed E-state index contributed by atoms with van der Waals surface area (Å²) in [5.74, 6) is 0.674. The molecular weight excluding hydrogens is 520 g/mol. The molecule has 2 atom stereocenters. The molecule has 0 aromatic heterocycles. The smallest absolute Gasteiger partial charge is 0.128 e. The van der Waals surface area contributed by atoms with Gasteiger partial charge >= 0.3 is 0 Å². The summed E-state index contributed by atoms with van der Waals surface area (Å²) >= 11 is 0. The van der Waals surface area contributed by atoms with Crippen molar-refractivity contribution in [3.05, 3.63) is 57.6 Å². The molecule has 2 N–H and O–H groups in total. The summed E-state index contributed by atoms with van der Waals surface area (Å²) < 4.78 is 0. The van der Waals surface area contributed by atoms with Gasteiger partial charge in [0.05, 0.1) is 12.1 Å². The third kappa shape index (κ3) is 7.82. The third-order valence-corrected chi connectivity index (χ3v) is 9.09. The van der Waals surface area contributed by atoms with Gasteiger partial charge in [-0.05, 0) is 60.0 Å². The molecule has 6 heteroatoms. The van der Waals surface area contributed by atoms with Gasteiger partial charge in [0.1, 0.15) is 11.5 Å². The summed E-state index contributed by atoms with van der Waals surface area (Å²) in [6.07, 6.45) is 7.97. The Labute approximate surface area is 254 Å². The van der Waals surface area contributed by atoms with E-state index in [2.05, 4.69) is 89.5 Å². The Morgan fingerprint density at radius 1 is 0.667 bits per heavy atom. The monoisotopic (exact) mass is 574 g/mol. The van der Waals surface area contributed by atoms with E-state index in [1.54, 1.807) is 0 Å². The van der Waals surface area contributed by atoms with Crippen LogP contribution in [-0.4, -0.2) is 70.7 Å². The maximum absolute atomic E-state index is 11.5. The van der Waals surface area contributed by atoms with Gasteiger partial charge in [-0.3, -0.25) is 19.8 Å². The van der Waals surface area contributed by atoms with Crippen molar-refractivity contribution in [3.8, 4) is 11.5 Å². The molecule has 2 aliphatic rings. The predicted molar refractivity (Wildman–Crippen MR) is 177 cm³/mol. The zero-order chi connectivity index (χ0) is 30.7. The average molecular weight is 575 g/mol. The lowest BCUT2D eigenvalue weighted by Crippen LogP contribution is -2.35. The molecule has 0 saturated heterocycles. The molecule has 0 amide bonds. The first kappa shape index (κ1) is 32.2. The molecule has 42 heavy (non-hydrogen) atoms. The highest BCUT2D eigenvalue weighted by Gasteiger charge is 2.26. The normalized spacial score (nSPS) is 23.0. The zero-order valence-corrected chi connectivity index (χ0v) is 27.4. The molecule has 2 aromatic rings. The van der Waals surface area contributed by atoms with Gasteiger partial charge in [0.2, 0.25) is 0 Å². The molecule has 4 bridgehead atoms. The summed E-state index contributed by atoms with van der Waals surface area (Å²) in [5, 5.41) is 22.9. The molecule has 0 unspecified atom stereocenters. The Bertz CT molecular complexity index is 1190. The van der Waals surface area contributed by atoms with Crippen LogP contribution < -0.4 is 0 Å². The molecule has 0 spiro atoms. The number of rotatable bonds is 2. The molecule has 1 saturated carbocycles. The van der Waals surface area contributed by atoms with E-state index in [1.165, 1.54) is 11.1 Å². The maximum Gasteiger partial charge on any atom is 0.128 e. The first-order chi connectivity index (χ1) is 19.8. The molecule has 1 fully saturated rings. The van der Waals surface area contributed by atoms with Gasteiger partial charge in [-0.2, -0.15) is 0 Å². The lowest BCUT2D eigenvalue weighted by atomic mass is 9.84. The summed E-state index contributed by atoms with van der Waals surface area (Å²) in [7, 11) is 0. The number of hydrogen-bond acceptors (Lipinski definition) is 6. The van der Waals surface area contributed by atoms with Crippen molar-refractivity contribution in [2.45, 2.75) is 117 Å². The fraction of sp³-hybridized carbons (Fsp3) is 0.611. The highest BCUT2D eigenvalue weighted by molar-refractivity contribution is 5.86. The van der Waals surface area contributed by atoms with Crippen molar-refractivity contribution in [2.75, 3.05) is 26.2 Å². The highest BCUT2D eigenvalue weighted by atomic mass is 16.3. The number of fused-ring (bicyclic) bond motifs is 5. The van der Waals surface area contributed by atoms with Crippen molar-refractivity contribution in [1.29, 1.82) is 0 Å². The topological polar surface area (TPSA) is 71.7 Å². The number of phenols is 2. The molecule has 1 aliphatic heterocycles. The molecule has 1 heterocycles. The first-order valence-electron chi connectivity index (χ1n) is 16.0. The highest BCUT2D eigenvalue weighted by Crippen LogP contribution is 2.34. The second-order valence-corrected chi connectivity index (χ2v) is 14.4. The van der Waals surface area contributed by atoms with E-state index in [-0.39, 0.29) is 22.9 Å². The fourth-order valence-corrected chi connectivity index (χ4v) is 6.00. The molecular formula is C36H54N4O2. The lowest BCUT2D eigenvalue weighted by Gasteiger charge is -2.29. The molecule has 6 nitrogen and oxygen atoms in total. The van der Waals surface area contributed by atoms with Crippen LogP contribution in [-0.2, 0) is 23.9 Å². The standard InChI is InChI=1S/C36H54N4O2/c1-9-39-15-16-40(10-2)24-28-20-30(36(6,7)8)18-26(34(28)42)22-38-32-14-12-11-13-31(32)37-21-25-17-29(35(3,4)5)19-27(23-39)33(25)41/h17-22,31-32,41-42H,9-16,23-24H2,1-8H3/b37-21+,38-22+/t31-,32-/m1/s1. The van der Waals surface area contributed by atoms with E-state index in [4.69, 9.17) is 9.98 Å². The van der Waals surface area contributed by atoms with E-state index in [9.17, 15) is 10.2 Å². The largest absolute Gasteiger partial charge is 0.507 e. The number of benzene rings is 2. The summed E-state index contributed by atoms with van der Waals surface area (Å²) in [5.41, 5.74) is 5.81. The van der Waals surface area contributed by atoms with Crippen LogP contribution in [0.1, 0.15) is 114 Å². The van der Waals surface area contributed by atoms with Gasteiger partial charge < -0.3 is 10.2 Å². The molecule has 2 aromatic carbocycles. The van der Waals surface area contributed by atoms with Crippen LogP contribution in [0.25, 0.3) is 0 Å². The van der Waals surface area contributed by atoms with Gasteiger partial charge in [0.25, 0.3) is 0 Å². The second-order valence-electron chi connectivity index (χ2n) is 14.4. The van der Waals surface area contributed by atoms with E-state index in [1.807, 2.05) is 12.4 Å². The number of phenolic OH excluding ortho intramolecular Hbond substituents is 2. The Morgan fingerprint density at radius 3 is 1.38 bits per heavy atom. The van der Waals surface area contributed by atoms with Gasteiger partial charge in [0.15, 0.2) is 0 Å². The number of aromatic hydroxyl groups is 2. The lowest BCUT2D eigenvalue weighted by molar-refractivity contribution is 0.202. The minimum Gasteiger partial charge on any atom is -0.507 e. The Balaban J connectivity index is 1.83. The van der Waals surface area contributed by atoms with Crippen LogP contribution in [0.5, 0.6) is 11.5 Å². The Kier molecular flexibility index (Phi) is 10.2. The van der Waals surface area contributed by atoms with Crippen LogP contribution in [0.2, 0.25) is 0 Å². The van der Waals surface area contributed by atoms with Crippen molar-refractivity contribution in [2.24, 2.45) is 9.98 Å².